The number of carbonyl (C=O) groups is 2. The quantitative estimate of drug-likeness (QED) is 0.661. The van der Waals surface area contributed by atoms with Gasteiger partial charge < -0.3 is 14.4 Å². The first kappa shape index (κ1) is 20.7. The summed E-state index contributed by atoms with van der Waals surface area (Å²) in [6.45, 7) is 1.31. The van der Waals surface area contributed by atoms with Crippen molar-refractivity contribution in [1.82, 2.24) is 14.4 Å². The van der Waals surface area contributed by atoms with Crippen LogP contribution in [0.2, 0.25) is 0 Å². The summed E-state index contributed by atoms with van der Waals surface area (Å²) >= 11 is 0. The van der Waals surface area contributed by atoms with Crippen molar-refractivity contribution in [3.8, 4) is 0 Å². The standard InChI is InChI=1S/C25H33N3O2/c1-26-16-8-13-23(26)18-27(17-20-9-4-2-5-10-20)24(29)19-28(22-14-15-22)25(30)21-11-6-3-7-12-21/h2,4-5,8-10,13,16,21-22H,3,6-7,11-12,14-15,17-19H2,1H3. The molecule has 2 aromatic rings. The molecule has 0 aliphatic heterocycles. The number of hydrogen-bond acceptors (Lipinski definition) is 2. The second kappa shape index (κ2) is 9.50. The van der Waals surface area contributed by atoms with Gasteiger partial charge in [0.25, 0.3) is 0 Å². The topological polar surface area (TPSA) is 45.6 Å². The summed E-state index contributed by atoms with van der Waals surface area (Å²) in [5, 5.41) is 0. The largest absolute Gasteiger partial charge is 0.353 e. The molecule has 2 amide bonds. The van der Waals surface area contributed by atoms with Crippen molar-refractivity contribution in [2.24, 2.45) is 13.0 Å². The molecule has 160 valence electrons. The molecule has 0 atom stereocenters. The Morgan fingerprint density at radius 2 is 1.67 bits per heavy atom. The van der Waals surface area contributed by atoms with Gasteiger partial charge in [-0.05, 0) is 43.4 Å². The molecule has 0 radical (unpaired) electrons. The fourth-order valence-corrected chi connectivity index (χ4v) is 4.50. The van der Waals surface area contributed by atoms with Gasteiger partial charge in [0.1, 0.15) is 6.54 Å². The van der Waals surface area contributed by atoms with Gasteiger partial charge in [-0.2, -0.15) is 0 Å². The second-order valence-corrected chi connectivity index (χ2v) is 8.88. The molecule has 1 aromatic heterocycles. The van der Waals surface area contributed by atoms with E-state index in [1.165, 1.54) is 6.42 Å². The fourth-order valence-electron chi connectivity index (χ4n) is 4.50. The van der Waals surface area contributed by atoms with E-state index in [-0.39, 0.29) is 30.3 Å². The van der Waals surface area contributed by atoms with Crippen molar-refractivity contribution in [1.29, 1.82) is 0 Å². The van der Waals surface area contributed by atoms with Crippen LogP contribution >= 0.6 is 0 Å². The van der Waals surface area contributed by atoms with Crippen LogP contribution in [0.1, 0.15) is 56.2 Å². The van der Waals surface area contributed by atoms with Crippen LogP contribution in [-0.4, -0.2) is 38.8 Å². The monoisotopic (exact) mass is 407 g/mol. The van der Waals surface area contributed by atoms with Crippen molar-refractivity contribution in [3.05, 3.63) is 59.9 Å². The molecule has 4 rings (SSSR count). The van der Waals surface area contributed by atoms with Crippen LogP contribution in [0.4, 0.5) is 0 Å². The summed E-state index contributed by atoms with van der Waals surface area (Å²) in [4.78, 5) is 30.5. The highest BCUT2D eigenvalue weighted by molar-refractivity contribution is 5.86. The SMILES string of the molecule is Cn1cccc1CN(Cc1ccccc1)C(=O)CN(C(=O)C1CCCCC1)C1CC1. The van der Waals surface area contributed by atoms with Crippen molar-refractivity contribution in [2.75, 3.05) is 6.54 Å². The van der Waals surface area contributed by atoms with Gasteiger partial charge in [0.15, 0.2) is 0 Å². The molecule has 0 saturated heterocycles. The Morgan fingerprint density at radius 3 is 2.30 bits per heavy atom. The highest BCUT2D eigenvalue weighted by Gasteiger charge is 2.37. The van der Waals surface area contributed by atoms with Gasteiger partial charge in [-0.3, -0.25) is 9.59 Å². The predicted molar refractivity (Wildman–Crippen MR) is 117 cm³/mol. The summed E-state index contributed by atoms with van der Waals surface area (Å²) in [7, 11) is 2.00. The van der Waals surface area contributed by atoms with Crippen LogP contribution in [0.3, 0.4) is 0 Å². The Hall–Kier alpha value is -2.56. The van der Waals surface area contributed by atoms with E-state index in [4.69, 9.17) is 0 Å². The second-order valence-electron chi connectivity index (χ2n) is 8.88. The lowest BCUT2D eigenvalue weighted by Crippen LogP contribution is -2.46. The highest BCUT2D eigenvalue weighted by atomic mass is 16.2. The summed E-state index contributed by atoms with van der Waals surface area (Å²) in [6.07, 6.45) is 9.52. The lowest BCUT2D eigenvalue weighted by Gasteiger charge is -2.31. The Bertz CT molecular complexity index is 850. The Balaban J connectivity index is 1.49. The molecule has 1 aromatic carbocycles. The summed E-state index contributed by atoms with van der Waals surface area (Å²) in [6, 6.07) is 14.4. The van der Waals surface area contributed by atoms with E-state index >= 15 is 0 Å². The molecule has 2 fully saturated rings. The predicted octanol–water partition coefficient (Wildman–Crippen LogP) is 4.13. The number of aryl methyl sites for hydroxylation is 1. The van der Waals surface area contributed by atoms with Crippen LogP contribution in [0, 0.1) is 5.92 Å². The first-order valence-electron chi connectivity index (χ1n) is 11.3. The average Bonchev–Trinajstić information content (AvgIpc) is 3.54. The smallest absolute Gasteiger partial charge is 0.242 e. The third-order valence-electron chi connectivity index (χ3n) is 6.50. The number of hydrogen-bond donors (Lipinski definition) is 0. The lowest BCUT2D eigenvalue weighted by molar-refractivity contribution is -0.144. The van der Waals surface area contributed by atoms with Crippen LogP contribution < -0.4 is 0 Å². The molecule has 30 heavy (non-hydrogen) atoms. The maximum absolute atomic E-state index is 13.4. The van der Waals surface area contributed by atoms with Gasteiger partial charge >= 0.3 is 0 Å². The van der Waals surface area contributed by atoms with Gasteiger partial charge in [0.2, 0.25) is 11.8 Å². The van der Waals surface area contributed by atoms with Gasteiger partial charge in [-0.25, -0.2) is 0 Å². The number of rotatable bonds is 8. The van der Waals surface area contributed by atoms with Gasteiger partial charge in [0, 0.05) is 37.4 Å². The maximum atomic E-state index is 13.4. The summed E-state index contributed by atoms with van der Waals surface area (Å²) in [5.41, 5.74) is 2.20. The van der Waals surface area contributed by atoms with E-state index in [0.29, 0.717) is 13.1 Å². The van der Waals surface area contributed by atoms with Gasteiger partial charge in [-0.15, -0.1) is 0 Å². The molecule has 5 heteroatoms. The summed E-state index contributed by atoms with van der Waals surface area (Å²) < 4.78 is 2.05. The van der Waals surface area contributed by atoms with Gasteiger partial charge in [-0.1, -0.05) is 49.6 Å². The fraction of sp³-hybridized carbons (Fsp3) is 0.520. The maximum Gasteiger partial charge on any atom is 0.242 e. The normalized spacial score (nSPS) is 17.0. The minimum atomic E-state index is 0.0381. The first-order chi connectivity index (χ1) is 14.6. The van der Waals surface area contributed by atoms with Crippen molar-refractivity contribution in [3.63, 3.8) is 0 Å². The number of carbonyl (C=O) groups excluding carboxylic acids is 2. The zero-order valence-electron chi connectivity index (χ0n) is 18.0. The van der Waals surface area contributed by atoms with Crippen molar-refractivity contribution < 1.29 is 9.59 Å². The number of aromatic nitrogens is 1. The molecule has 2 aliphatic carbocycles. The summed E-state index contributed by atoms with van der Waals surface area (Å²) in [5.74, 6) is 0.364. The van der Waals surface area contributed by atoms with Crippen molar-refractivity contribution in [2.45, 2.75) is 64.1 Å². The van der Waals surface area contributed by atoms with E-state index in [9.17, 15) is 9.59 Å². The molecule has 0 N–H and O–H groups in total. The average molecular weight is 408 g/mol. The first-order valence-corrected chi connectivity index (χ1v) is 11.3. The van der Waals surface area contributed by atoms with E-state index in [2.05, 4.69) is 22.8 Å². The van der Waals surface area contributed by atoms with E-state index in [0.717, 1.165) is 49.8 Å². The molecule has 0 bridgehead atoms. The molecule has 0 spiro atoms. The minimum absolute atomic E-state index is 0.0381. The van der Waals surface area contributed by atoms with Crippen LogP contribution in [0.25, 0.3) is 0 Å². The third kappa shape index (κ3) is 5.13. The number of amides is 2. The Kier molecular flexibility index (Phi) is 6.56. The van der Waals surface area contributed by atoms with Crippen LogP contribution in [0.15, 0.2) is 48.7 Å². The Morgan fingerprint density at radius 1 is 0.933 bits per heavy atom. The minimum Gasteiger partial charge on any atom is -0.353 e. The van der Waals surface area contributed by atoms with Crippen LogP contribution in [0.5, 0.6) is 0 Å². The zero-order chi connectivity index (χ0) is 20.9. The molecular weight excluding hydrogens is 374 g/mol. The van der Waals surface area contributed by atoms with Gasteiger partial charge in [0.05, 0.1) is 6.54 Å². The Labute approximate surface area is 179 Å². The van der Waals surface area contributed by atoms with E-state index in [1.807, 2.05) is 47.3 Å². The van der Waals surface area contributed by atoms with Crippen molar-refractivity contribution >= 4 is 11.8 Å². The highest BCUT2D eigenvalue weighted by Crippen LogP contribution is 2.32. The molecule has 5 nitrogen and oxygen atoms in total. The molecule has 0 unspecified atom stereocenters. The van der Waals surface area contributed by atoms with E-state index in [1.54, 1.807) is 0 Å². The third-order valence-corrected chi connectivity index (χ3v) is 6.50. The number of nitrogens with zero attached hydrogens (tertiary/aromatic N) is 3. The molecular formula is C25H33N3O2. The number of benzene rings is 1. The van der Waals surface area contributed by atoms with E-state index < -0.39 is 0 Å². The molecule has 1 heterocycles. The molecule has 2 saturated carbocycles. The van der Waals surface area contributed by atoms with Crippen LogP contribution in [-0.2, 0) is 29.7 Å². The zero-order valence-corrected chi connectivity index (χ0v) is 18.0. The molecule has 2 aliphatic rings. The lowest BCUT2D eigenvalue weighted by atomic mass is 9.88.